The molecular formula is C15H19N3O2. The first kappa shape index (κ1) is 13.0. The predicted molar refractivity (Wildman–Crippen MR) is 76.0 cm³/mol. The van der Waals surface area contributed by atoms with Crippen molar-refractivity contribution in [3.8, 4) is 11.5 Å². The summed E-state index contributed by atoms with van der Waals surface area (Å²) in [5, 5.41) is 3.31. The van der Waals surface area contributed by atoms with Crippen LogP contribution in [0.25, 0.3) is 0 Å². The van der Waals surface area contributed by atoms with Crippen LogP contribution in [0.5, 0.6) is 11.5 Å². The van der Waals surface area contributed by atoms with Crippen LogP contribution in [0, 0.1) is 0 Å². The summed E-state index contributed by atoms with van der Waals surface area (Å²) < 4.78 is 12.9. The first-order valence-electron chi connectivity index (χ1n) is 6.68. The fraction of sp³-hybridized carbons (Fsp3) is 0.400. The maximum absolute atomic E-state index is 5.42. The Kier molecular flexibility index (Phi) is 3.14. The van der Waals surface area contributed by atoms with Crippen LogP contribution < -0.4 is 14.8 Å². The molecule has 0 bridgehead atoms. The van der Waals surface area contributed by atoms with Crippen LogP contribution in [0.4, 0.5) is 0 Å². The molecule has 20 heavy (non-hydrogen) atoms. The molecule has 2 heterocycles. The maximum atomic E-state index is 5.42. The molecule has 0 amide bonds. The van der Waals surface area contributed by atoms with Gasteiger partial charge in [-0.3, -0.25) is 0 Å². The highest BCUT2D eigenvalue weighted by Gasteiger charge is 2.22. The zero-order valence-electron chi connectivity index (χ0n) is 12.0. The number of hydrogen-bond acceptors (Lipinski definition) is 4. The standard InChI is InChI=1S/C15H19N3O2/c1-15(2,16-3)14-7-17-9-18(14)8-11-4-5-12-13(6-11)20-10-19-12/h4-7,9,16H,8,10H2,1-3H3. The van der Waals surface area contributed by atoms with Gasteiger partial charge >= 0.3 is 0 Å². The molecule has 1 aromatic carbocycles. The predicted octanol–water partition coefficient (Wildman–Crippen LogP) is 2.11. The molecule has 1 aliphatic heterocycles. The smallest absolute Gasteiger partial charge is 0.231 e. The van der Waals surface area contributed by atoms with E-state index in [-0.39, 0.29) is 5.54 Å². The Morgan fingerprint density at radius 1 is 1.30 bits per heavy atom. The van der Waals surface area contributed by atoms with Crippen LogP contribution in [0.2, 0.25) is 0 Å². The number of rotatable bonds is 4. The molecule has 5 heteroatoms. The molecule has 0 saturated carbocycles. The molecule has 106 valence electrons. The second-order valence-electron chi connectivity index (χ2n) is 5.47. The molecule has 1 N–H and O–H groups in total. The Labute approximate surface area is 118 Å². The summed E-state index contributed by atoms with van der Waals surface area (Å²) in [4.78, 5) is 4.27. The third-order valence-electron chi connectivity index (χ3n) is 3.77. The summed E-state index contributed by atoms with van der Waals surface area (Å²) in [5.74, 6) is 1.63. The van der Waals surface area contributed by atoms with Gasteiger partial charge in [0.25, 0.3) is 0 Å². The highest BCUT2D eigenvalue weighted by molar-refractivity contribution is 5.44. The SMILES string of the molecule is CNC(C)(C)c1cncn1Cc1ccc2c(c1)OCO2. The molecule has 0 spiro atoms. The lowest BCUT2D eigenvalue weighted by molar-refractivity contribution is 0.174. The third kappa shape index (κ3) is 2.25. The van der Waals surface area contributed by atoms with Crippen molar-refractivity contribution in [3.05, 3.63) is 42.0 Å². The Morgan fingerprint density at radius 3 is 2.90 bits per heavy atom. The van der Waals surface area contributed by atoms with E-state index >= 15 is 0 Å². The van der Waals surface area contributed by atoms with Crippen LogP contribution in [0.3, 0.4) is 0 Å². The lowest BCUT2D eigenvalue weighted by atomic mass is 10.0. The van der Waals surface area contributed by atoms with Gasteiger partial charge in [0, 0.05) is 6.54 Å². The molecule has 0 aliphatic carbocycles. The number of ether oxygens (including phenoxy) is 2. The number of benzene rings is 1. The van der Waals surface area contributed by atoms with Gasteiger partial charge in [0.2, 0.25) is 6.79 Å². The largest absolute Gasteiger partial charge is 0.454 e. The van der Waals surface area contributed by atoms with Crippen molar-refractivity contribution < 1.29 is 9.47 Å². The van der Waals surface area contributed by atoms with Gasteiger partial charge in [-0.2, -0.15) is 0 Å². The minimum absolute atomic E-state index is 0.118. The Morgan fingerprint density at radius 2 is 2.10 bits per heavy atom. The van der Waals surface area contributed by atoms with Gasteiger partial charge in [-0.1, -0.05) is 6.07 Å². The van der Waals surface area contributed by atoms with E-state index < -0.39 is 0 Å². The second kappa shape index (κ2) is 4.83. The van der Waals surface area contributed by atoms with E-state index in [9.17, 15) is 0 Å². The van der Waals surface area contributed by atoms with Crippen molar-refractivity contribution in [2.24, 2.45) is 0 Å². The van der Waals surface area contributed by atoms with Crippen molar-refractivity contribution in [2.75, 3.05) is 13.8 Å². The zero-order chi connectivity index (χ0) is 14.2. The first-order valence-corrected chi connectivity index (χ1v) is 6.68. The Balaban J connectivity index is 1.87. The van der Waals surface area contributed by atoms with E-state index in [0.717, 1.165) is 23.7 Å². The van der Waals surface area contributed by atoms with Gasteiger partial charge in [-0.05, 0) is 38.6 Å². The number of nitrogens with one attached hydrogen (secondary N) is 1. The molecule has 1 aromatic heterocycles. The fourth-order valence-electron chi connectivity index (χ4n) is 2.33. The molecule has 0 fully saturated rings. The van der Waals surface area contributed by atoms with Gasteiger partial charge in [0.15, 0.2) is 11.5 Å². The number of fused-ring (bicyclic) bond motifs is 1. The minimum atomic E-state index is -0.118. The molecule has 0 saturated heterocycles. The van der Waals surface area contributed by atoms with Crippen LogP contribution in [-0.4, -0.2) is 23.4 Å². The molecule has 0 atom stereocenters. The summed E-state index contributed by atoms with van der Waals surface area (Å²) in [6.07, 6.45) is 3.77. The van der Waals surface area contributed by atoms with E-state index in [4.69, 9.17) is 9.47 Å². The summed E-state index contributed by atoms with van der Waals surface area (Å²) in [6.45, 7) is 5.35. The van der Waals surface area contributed by atoms with E-state index in [1.165, 1.54) is 5.56 Å². The molecule has 0 unspecified atom stereocenters. The molecule has 1 aliphatic rings. The van der Waals surface area contributed by atoms with Crippen molar-refractivity contribution >= 4 is 0 Å². The van der Waals surface area contributed by atoms with E-state index in [1.54, 1.807) is 0 Å². The number of aromatic nitrogens is 2. The van der Waals surface area contributed by atoms with Gasteiger partial charge in [0.05, 0.1) is 23.8 Å². The summed E-state index contributed by atoms with van der Waals surface area (Å²) in [6, 6.07) is 6.04. The average Bonchev–Trinajstić information content (AvgIpc) is 3.07. The summed E-state index contributed by atoms with van der Waals surface area (Å²) >= 11 is 0. The zero-order valence-corrected chi connectivity index (χ0v) is 12.0. The van der Waals surface area contributed by atoms with Crippen molar-refractivity contribution in [2.45, 2.75) is 25.9 Å². The fourth-order valence-corrected chi connectivity index (χ4v) is 2.33. The third-order valence-corrected chi connectivity index (χ3v) is 3.77. The molecule has 5 nitrogen and oxygen atoms in total. The van der Waals surface area contributed by atoms with Gasteiger partial charge in [-0.25, -0.2) is 4.98 Å². The highest BCUT2D eigenvalue weighted by Crippen LogP contribution is 2.33. The summed E-state index contributed by atoms with van der Waals surface area (Å²) in [7, 11) is 1.96. The monoisotopic (exact) mass is 273 g/mol. The molecule has 2 aromatic rings. The molecule has 3 rings (SSSR count). The number of nitrogens with zero attached hydrogens (tertiary/aromatic N) is 2. The lowest BCUT2D eigenvalue weighted by Crippen LogP contribution is -2.35. The lowest BCUT2D eigenvalue weighted by Gasteiger charge is -2.25. The van der Waals surface area contributed by atoms with E-state index in [1.807, 2.05) is 31.7 Å². The van der Waals surface area contributed by atoms with E-state index in [2.05, 4.69) is 34.8 Å². The number of hydrogen-bond donors (Lipinski definition) is 1. The van der Waals surface area contributed by atoms with Crippen LogP contribution >= 0.6 is 0 Å². The Bertz CT molecular complexity index is 619. The minimum Gasteiger partial charge on any atom is -0.454 e. The van der Waals surface area contributed by atoms with Gasteiger partial charge in [0.1, 0.15) is 0 Å². The van der Waals surface area contributed by atoms with Crippen LogP contribution in [-0.2, 0) is 12.1 Å². The van der Waals surface area contributed by atoms with Gasteiger partial charge < -0.3 is 19.4 Å². The maximum Gasteiger partial charge on any atom is 0.231 e. The number of imidazole rings is 1. The highest BCUT2D eigenvalue weighted by atomic mass is 16.7. The Hall–Kier alpha value is -2.01. The normalized spacial score (nSPS) is 13.8. The topological polar surface area (TPSA) is 48.3 Å². The quantitative estimate of drug-likeness (QED) is 0.927. The molecular weight excluding hydrogens is 254 g/mol. The van der Waals surface area contributed by atoms with Crippen LogP contribution in [0.1, 0.15) is 25.1 Å². The van der Waals surface area contributed by atoms with Crippen LogP contribution in [0.15, 0.2) is 30.7 Å². The second-order valence-corrected chi connectivity index (χ2v) is 5.47. The first-order chi connectivity index (χ1) is 9.60. The van der Waals surface area contributed by atoms with Crippen molar-refractivity contribution in [3.63, 3.8) is 0 Å². The van der Waals surface area contributed by atoms with Gasteiger partial charge in [-0.15, -0.1) is 0 Å². The van der Waals surface area contributed by atoms with Crippen molar-refractivity contribution in [1.82, 2.24) is 14.9 Å². The summed E-state index contributed by atoms with van der Waals surface area (Å²) in [5.41, 5.74) is 2.20. The van der Waals surface area contributed by atoms with Crippen molar-refractivity contribution in [1.29, 1.82) is 0 Å². The molecule has 0 radical (unpaired) electrons. The van der Waals surface area contributed by atoms with E-state index in [0.29, 0.717) is 6.79 Å². The average molecular weight is 273 g/mol.